The highest BCUT2D eigenvalue weighted by Gasteiger charge is 2.11. The standard InChI is InChI=1S/C12H12N4OS/c13-6-9-8-18-12-15-14-11(16(9)12)7-17-10-4-2-1-3-5-10/h1-5,8H,6-7,13H2. The smallest absolute Gasteiger partial charge is 0.216 e. The van der Waals surface area contributed by atoms with Crippen molar-refractivity contribution < 1.29 is 4.74 Å². The summed E-state index contributed by atoms with van der Waals surface area (Å²) in [5, 5.41) is 10.2. The molecule has 0 aliphatic heterocycles. The van der Waals surface area contributed by atoms with Crippen LogP contribution in [0, 0.1) is 0 Å². The van der Waals surface area contributed by atoms with Gasteiger partial charge in [0, 0.05) is 11.9 Å². The molecule has 0 saturated heterocycles. The molecule has 0 bridgehead atoms. The Kier molecular flexibility index (Phi) is 2.95. The van der Waals surface area contributed by atoms with Crippen LogP contribution < -0.4 is 10.5 Å². The second kappa shape index (κ2) is 4.75. The van der Waals surface area contributed by atoms with E-state index in [0.717, 1.165) is 22.2 Å². The average molecular weight is 260 g/mol. The maximum Gasteiger partial charge on any atom is 0.216 e. The molecule has 92 valence electrons. The van der Waals surface area contributed by atoms with E-state index in [1.807, 2.05) is 40.1 Å². The van der Waals surface area contributed by atoms with Crippen molar-refractivity contribution in [3.05, 3.63) is 47.2 Å². The van der Waals surface area contributed by atoms with Gasteiger partial charge < -0.3 is 10.5 Å². The van der Waals surface area contributed by atoms with Gasteiger partial charge in [-0.1, -0.05) is 18.2 Å². The Morgan fingerprint density at radius 3 is 2.83 bits per heavy atom. The molecule has 2 aromatic heterocycles. The Labute approximate surface area is 108 Å². The van der Waals surface area contributed by atoms with Gasteiger partial charge in [0.2, 0.25) is 4.96 Å². The maximum atomic E-state index is 5.69. The molecule has 0 saturated carbocycles. The van der Waals surface area contributed by atoms with E-state index in [2.05, 4.69) is 10.2 Å². The van der Waals surface area contributed by atoms with E-state index < -0.39 is 0 Å². The average Bonchev–Trinajstić information content (AvgIpc) is 2.99. The summed E-state index contributed by atoms with van der Waals surface area (Å²) < 4.78 is 7.62. The van der Waals surface area contributed by atoms with Gasteiger partial charge in [-0.15, -0.1) is 21.5 Å². The summed E-state index contributed by atoms with van der Waals surface area (Å²) in [5.41, 5.74) is 6.69. The lowest BCUT2D eigenvalue weighted by molar-refractivity contribution is 0.294. The van der Waals surface area contributed by atoms with E-state index in [1.54, 1.807) is 0 Å². The minimum absolute atomic E-state index is 0.384. The topological polar surface area (TPSA) is 65.4 Å². The lowest BCUT2D eigenvalue weighted by atomic mass is 10.3. The van der Waals surface area contributed by atoms with E-state index in [4.69, 9.17) is 10.5 Å². The minimum Gasteiger partial charge on any atom is -0.486 e. The van der Waals surface area contributed by atoms with Crippen molar-refractivity contribution in [2.45, 2.75) is 13.2 Å². The van der Waals surface area contributed by atoms with Crippen LogP contribution in [0.5, 0.6) is 5.75 Å². The highest BCUT2D eigenvalue weighted by atomic mass is 32.1. The number of thiazole rings is 1. The Hall–Kier alpha value is -1.92. The quantitative estimate of drug-likeness (QED) is 0.777. The molecule has 18 heavy (non-hydrogen) atoms. The molecule has 6 heteroatoms. The van der Waals surface area contributed by atoms with Gasteiger partial charge in [-0.3, -0.25) is 4.40 Å². The third kappa shape index (κ3) is 1.96. The van der Waals surface area contributed by atoms with Gasteiger partial charge in [-0.05, 0) is 12.1 Å². The Morgan fingerprint density at radius 2 is 2.06 bits per heavy atom. The summed E-state index contributed by atoms with van der Waals surface area (Å²) in [6, 6.07) is 9.65. The number of nitrogens with zero attached hydrogens (tertiary/aromatic N) is 3. The van der Waals surface area contributed by atoms with Crippen molar-refractivity contribution in [2.24, 2.45) is 5.73 Å². The van der Waals surface area contributed by atoms with E-state index in [1.165, 1.54) is 11.3 Å². The first-order valence-electron chi connectivity index (χ1n) is 5.57. The number of para-hydroxylation sites is 1. The van der Waals surface area contributed by atoms with Crippen molar-refractivity contribution in [1.82, 2.24) is 14.6 Å². The number of ether oxygens (including phenoxy) is 1. The fourth-order valence-corrected chi connectivity index (χ4v) is 2.60. The minimum atomic E-state index is 0.384. The predicted octanol–water partition coefficient (Wildman–Crippen LogP) is 1.83. The first-order valence-corrected chi connectivity index (χ1v) is 6.45. The molecule has 0 spiro atoms. The summed E-state index contributed by atoms with van der Waals surface area (Å²) in [5.74, 6) is 1.59. The molecule has 0 atom stereocenters. The van der Waals surface area contributed by atoms with Crippen LogP contribution in [0.2, 0.25) is 0 Å². The highest BCUT2D eigenvalue weighted by molar-refractivity contribution is 7.15. The van der Waals surface area contributed by atoms with Crippen LogP contribution in [0.4, 0.5) is 0 Å². The third-order valence-corrected chi connectivity index (χ3v) is 3.47. The van der Waals surface area contributed by atoms with Crippen molar-refractivity contribution in [2.75, 3.05) is 0 Å². The van der Waals surface area contributed by atoms with E-state index >= 15 is 0 Å². The second-order valence-corrected chi connectivity index (χ2v) is 4.60. The molecule has 0 aliphatic carbocycles. The number of rotatable bonds is 4. The Bertz CT molecular complexity index is 646. The number of benzene rings is 1. The monoisotopic (exact) mass is 260 g/mol. The fraction of sp³-hybridized carbons (Fsp3) is 0.167. The normalized spacial score (nSPS) is 10.9. The van der Waals surface area contributed by atoms with Crippen LogP contribution in [0.15, 0.2) is 35.7 Å². The van der Waals surface area contributed by atoms with Crippen molar-refractivity contribution in [1.29, 1.82) is 0 Å². The largest absolute Gasteiger partial charge is 0.486 e. The summed E-state index contributed by atoms with van der Waals surface area (Å²) in [6.45, 7) is 0.852. The molecule has 5 nitrogen and oxygen atoms in total. The molecule has 3 aromatic rings. The number of fused-ring (bicyclic) bond motifs is 1. The maximum absolute atomic E-state index is 5.69. The van der Waals surface area contributed by atoms with Crippen molar-refractivity contribution in [3.8, 4) is 5.75 Å². The first kappa shape index (κ1) is 11.2. The Morgan fingerprint density at radius 1 is 1.22 bits per heavy atom. The van der Waals surface area contributed by atoms with Crippen LogP contribution in [0.25, 0.3) is 4.96 Å². The Balaban J connectivity index is 1.84. The van der Waals surface area contributed by atoms with Crippen LogP contribution in [0.3, 0.4) is 0 Å². The molecule has 0 aliphatic rings. The summed E-state index contributed by atoms with van der Waals surface area (Å²) in [7, 11) is 0. The van der Waals surface area contributed by atoms with Crippen LogP contribution >= 0.6 is 11.3 Å². The molecule has 0 unspecified atom stereocenters. The van der Waals surface area contributed by atoms with Gasteiger partial charge in [0.05, 0.1) is 5.69 Å². The number of nitrogens with two attached hydrogens (primary N) is 1. The number of hydrogen-bond donors (Lipinski definition) is 1. The van der Waals surface area contributed by atoms with E-state index in [-0.39, 0.29) is 0 Å². The molecule has 1 aromatic carbocycles. The van der Waals surface area contributed by atoms with Crippen molar-refractivity contribution in [3.63, 3.8) is 0 Å². The zero-order valence-electron chi connectivity index (χ0n) is 9.61. The molecular weight excluding hydrogens is 248 g/mol. The molecule has 0 radical (unpaired) electrons. The van der Waals surface area contributed by atoms with Crippen LogP contribution in [-0.2, 0) is 13.2 Å². The zero-order chi connectivity index (χ0) is 12.4. The highest BCUT2D eigenvalue weighted by Crippen LogP contribution is 2.17. The van der Waals surface area contributed by atoms with Gasteiger partial charge in [-0.2, -0.15) is 0 Å². The lowest BCUT2D eigenvalue weighted by Gasteiger charge is -2.04. The molecule has 0 fully saturated rings. The zero-order valence-corrected chi connectivity index (χ0v) is 10.4. The van der Waals surface area contributed by atoms with Gasteiger partial charge in [0.15, 0.2) is 5.82 Å². The lowest BCUT2D eigenvalue weighted by Crippen LogP contribution is -2.06. The predicted molar refractivity (Wildman–Crippen MR) is 69.5 cm³/mol. The van der Waals surface area contributed by atoms with E-state index in [9.17, 15) is 0 Å². The van der Waals surface area contributed by atoms with Gasteiger partial charge in [0.1, 0.15) is 12.4 Å². The molecule has 2 heterocycles. The molecule has 2 N–H and O–H groups in total. The summed E-state index contributed by atoms with van der Waals surface area (Å²) in [6.07, 6.45) is 0. The molecule has 3 rings (SSSR count). The second-order valence-electron chi connectivity index (χ2n) is 3.77. The van der Waals surface area contributed by atoms with Gasteiger partial charge in [-0.25, -0.2) is 0 Å². The van der Waals surface area contributed by atoms with E-state index in [0.29, 0.717) is 13.2 Å². The molecular formula is C12H12N4OS. The SMILES string of the molecule is NCc1csc2nnc(COc3ccccc3)n12. The van der Waals surface area contributed by atoms with Crippen LogP contribution in [-0.4, -0.2) is 14.6 Å². The fourth-order valence-electron chi connectivity index (χ4n) is 1.74. The number of aromatic nitrogens is 3. The van der Waals surface area contributed by atoms with Crippen LogP contribution in [0.1, 0.15) is 11.5 Å². The molecule has 0 amide bonds. The number of hydrogen-bond acceptors (Lipinski definition) is 5. The van der Waals surface area contributed by atoms with Gasteiger partial charge in [0.25, 0.3) is 0 Å². The first-order chi connectivity index (χ1) is 8.88. The third-order valence-electron chi connectivity index (χ3n) is 2.61. The van der Waals surface area contributed by atoms with Gasteiger partial charge >= 0.3 is 0 Å². The van der Waals surface area contributed by atoms with Crippen molar-refractivity contribution >= 4 is 16.3 Å². The summed E-state index contributed by atoms with van der Waals surface area (Å²) >= 11 is 1.53. The summed E-state index contributed by atoms with van der Waals surface area (Å²) in [4.78, 5) is 0.849.